The molecule has 1 saturated heterocycles. The summed E-state index contributed by atoms with van der Waals surface area (Å²) in [5.41, 5.74) is 7.14. The Balaban J connectivity index is 2.16. The van der Waals surface area contributed by atoms with E-state index in [2.05, 4.69) is 20.7 Å². The second-order valence-electron chi connectivity index (χ2n) is 5.12. The van der Waals surface area contributed by atoms with E-state index in [-0.39, 0.29) is 5.92 Å². The van der Waals surface area contributed by atoms with Crippen molar-refractivity contribution in [1.82, 2.24) is 4.31 Å². The monoisotopic (exact) mass is 361 g/mol. The van der Waals surface area contributed by atoms with E-state index in [0.29, 0.717) is 25.3 Å². The zero-order valence-electron chi connectivity index (χ0n) is 11.5. The van der Waals surface area contributed by atoms with Gasteiger partial charge in [0.05, 0.1) is 5.69 Å². The molecule has 0 amide bonds. The van der Waals surface area contributed by atoms with Crippen molar-refractivity contribution in [3.05, 3.63) is 28.2 Å². The summed E-state index contributed by atoms with van der Waals surface area (Å²) in [6.07, 6.45) is 1.86. The molecule has 1 atom stereocenters. The molecule has 5 nitrogen and oxygen atoms in total. The lowest BCUT2D eigenvalue weighted by molar-refractivity contribution is 0.273. The van der Waals surface area contributed by atoms with E-state index in [9.17, 15) is 8.42 Å². The molecule has 1 aromatic carbocycles. The molecule has 0 aromatic heterocycles. The Labute approximate surface area is 128 Å². The second-order valence-corrected chi connectivity index (χ2v) is 7.65. The van der Waals surface area contributed by atoms with Crippen LogP contribution in [0.15, 0.2) is 22.7 Å². The molecule has 0 saturated carbocycles. The van der Waals surface area contributed by atoms with E-state index in [0.717, 1.165) is 22.9 Å². The largest absolute Gasteiger partial charge is 0.330 e. The van der Waals surface area contributed by atoms with Crippen LogP contribution in [0.5, 0.6) is 0 Å². The van der Waals surface area contributed by atoms with Gasteiger partial charge in [-0.2, -0.15) is 12.7 Å². The average molecular weight is 362 g/mol. The van der Waals surface area contributed by atoms with Crippen LogP contribution in [0, 0.1) is 12.8 Å². The van der Waals surface area contributed by atoms with Gasteiger partial charge in [0, 0.05) is 17.6 Å². The number of nitrogens with zero attached hydrogens (tertiary/aromatic N) is 1. The number of hydrogen-bond acceptors (Lipinski definition) is 3. The van der Waals surface area contributed by atoms with Crippen LogP contribution in [0.25, 0.3) is 0 Å². The highest BCUT2D eigenvalue weighted by Gasteiger charge is 2.28. The third kappa shape index (κ3) is 3.52. The van der Waals surface area contributed by atoms with Gasteiger partial charge in [0.2, 0.25) is 0 Å². The van der Waals surface area contributed by atoms with E-state index < -0.39 is 10.2 Å². The predicted octanol–water partition coefficient (Wildman–Crippen LogP) is 2.08. The Hall–Kier alpha value is -0.630. The SMILES string of the molecule is Cc1c(Br)cccc1NS(=O)(=O)N1CCCC(CN)C1. The summed E-state index contributed by atoms with van der Waals surface area (Å²) in [7, 11) is -3.51. The van der Waals surface area contributed by atoms with Gasteiger partial charge in [0.15, 0.2) is 0 Å². The van der Waals surface area contributed by atoms with Crippen molar-refractivity contribution in [3.8, 4) is 0 Å². The van der Waals surface area contributed by atoms with E-state index in [1.807, 2.05) is 19.1 Å². The summed E-state index contributed by atoms with van der Waals surface area (Å²) in [5.74, 6) is 0.254. The zero-order chi connectivity index (χ0) is 14.8. The second kappa shape index (κ2) is 6.43. The lowest BCUT2D eigenvalue weighted by Gasteiger charge is -2.31. The first kappa shape index (κ1) is 15.8. The highest BCUT2D eigenvalue weighted by molar-refractivity contribution is 9.10. The summed E-state index contributed by atoms with van der Waals surface area (Å²) < 4.78 is 29.9. The van der Waals surface area contributed by atoms with Gasteiger partial charge in [0.1, 0.15) is 0 Å². The molecule has 0 aliphatic carbocycles. The van der Waals surface area contributed by atoms with Crippen molar-refractivity contribution in [2.75, 3.05) is 24.4 Å². The van der Waals surface area contributed by atoms with Gasteiger partial charge in [-0.05, 0) is 49.9 Å². The molecule has 1 fully saturated rings. The first-order valence-corrected chi connectivity index (χ1v) is 8.90. The van der Waals surface area contributed by atoms with E-state index in [1.165, 1.54) is 4.31 Å². The van der Waals surface area contributed by atoms with Crippen LogP contribution in [-0.2, 0) is 10.2 Å². The quantitative estimate of drug-likeness (QED) is 0.861. The molecule has 2 rings (SSSR count). The first-order chi connectivity index (χ1) is 9.44. The lowest BCUT2D eigenvalue weighted by atomic mass is 10.0. The number of hydrogen-bond donors (Lipinski definition) is 2. The van der Waals surface area contributed by atoms with Crippen LogP contribution < -0.4 is 10.5 Å². The smallest absolute Gasteiger partial charge is 0.301 e. The van der Waals surface area contributed by atoms with E-state index >= 15 is 0 Å². The predicted molar refractivity (Wildman–Crippen MR) is 84.8 cm³/mol. The highest BCUT2D eigenvalue weighted by Crippen LogP contribution is 2.26. The van der Waals surface area contributed by atoms with Gasteiger partial charge in [-0.3, -0.25) is 4.72 Å². The number of benzene rings is 1. The highest BCUT2D eigenvalue weighted by atomic mass is 79.9. The molecule has 1 heterocycles. The molecular weight excluding hydrogens is 342 g/mol. The maximum Gasteiger partial charge on any atom is 0.301 e. The molecule has 1 aliphatic rings. The van der Waals surface area contributed by atoms with Gasteiger partial charge in [-0.1, -0.05) is 22.0 Å². The summed E-state index contributed by atoms with van der Waals surface area (Å²) in [4.78, 5) is 0. The van der Waals surface area contributed by atoms with Crippen molar-refractivity contribution in [1.29, 1.82) is 0 Å². The van der Waals surface area contributed by atoms with Crippen LogP contribution in [0.2, 0.25) is 0 Å². The Bertz CT molecular complexity index is 577. The summed E-state index contributed by atoms with van der Waals surface area (Å²) in [6, 6.07) is 5.47. The fourth-order valence-corrected chi connectivity index (χ4v) is 4.13. The molecule has 0 bridgehead atoms. The minimum absolute atomic E-state index is 0.254. The number of nitrogens with two attached hydrogens (primary N) is 1. The molecule has 7 heteroatoms. The van der Waals surface area contributed by atoms with Crippen molar-refractivity contribution < 1.29 is 8.42 Å². The van der Waals surface area contributed by atoms with Crippen molar-refractivity contribution in [2.24, 2.45) is 11.7 Å². The summed E-state index contributed by atoms with van der Waals surface area (Å²) in [5, 5.41) is 0. The Morgan fingerprint density at radius 2 is 2.25 bits per heavy atom. The number of halogens is 1. The van der Waals surface area contributed by atoms with Gasteiger partial charge >= 0.3 is 10.2 Å². The molecule has 3 N–H and O–H groups in total. The van der Waals surface area contributed by atoms with Crippen LogP contribution in [-0.4, -0.2) is 32.4 Å². The van der Waals surface area contributed by atoms with Crippen LogP contribution in [0.3, 0.4) is 0 Å². The van der Waals surface area contributed by atoms with Gasteiger partial charge < -0.3 is 5.73 Å². The number of piperidine rings is 1. The minimum atomic E-state index is -3.51. The molecule has 0 radical (unpaired) electrons. The Kier molecular flexibility index (Phi) is 5.06. The third-order valence-electron chi connectivity index (χ3n) is 3.66. The Morgan fingerprint density at radius 3 is 2.95 bits per heavy atom. The average Bonchev–Trinajstić information content (AvgIpc) is 2.44. The van der Waals surface area contributed by atoms with Crippen LogP contribution >= 0.6 is 15.9 Å². The molecular formula is C13H20BrN3O2S. The fraction of sp³-hybridized carbons (Fsp3) is 0.538. The standard InChI is InChI=1S/C13H20BrN3O2S/c1-10-12(14)5-2-6-13(10)16-20(18,19)17-7-3-4-11(8-15)9-17/h2,5-6,11,16H,3-4,7-9,15H2,1H3. The van der Waals surface area contributed by atoms with E-state index in [4.69, 9.17) is 5.73 Å². The van der Waals surface area contributed by atoms with Gasteiger partial charge in [0.25, 0.3) is 0 Å². The van der Waals surface area contributed by atoms with Crippen LogP contribution in [0.1, 0.15) is 18.4 Å². The summed E-state index contributed by atoms with van der Waals surface area (Å²) >= 11 is 3.41. The molecule has 112 valence electrons. The molecule has 20 heavy (non-hydrogen) atoms. The molecule has 1 aliphatic heterocycles. The van der Waals surface area contributed by atoms with Crippen molar-refractivity contribution >= 4 is 31.8 Å². The minimum Gasteiger partial charge on any atom is -0.330 e. The zero-order valence-corrected chi connectivity index (χ0v) is 13.9. The molecule has 1 aromatic rings. The van der Waals surface area contributed by atoms with Crippen molar-refractivity contribution in [2.45, 2.75) is 19.8 Å². The number of nitrogens with one attached hydrogen (secondary N) is 1. The molecule has 0 spiro atoms. The number of rotatable bonds is 4. The maximum atomic E-state index is 12.4. The molecule has 1 unspecified atom stereocenters. The first-order valence-electron chi connectivity index (χ1n) is 6.67. The Morgan fingerprint density at radius 1 is 1.50 bits per heavy atom. The fourth-order valence-electron chi connectivity index (χ4n) is 2.36. The number of anilines is 1. The van der Waals surface area contributed by atoms with Crippen LogP contribution in [0.4, 0.5) is 5.69 Å². The van der Waals surface area contributed by atoms with Crippen molar-refractivity contribution in [3.63, 3.8) is 0 Å². The topological polar surface area (TPSA) is 75.4 Å². The van der Waals surface area contributed by atoms with E-state index in [1.54, 1.807) is 6.07 Å². The lowest BCUT2D eigenvalue weighted by Crippen LogP contribution is -2.44. The van der Waals surface area contributed by atoms with Gasteiger partial charge in [-0.25, -0.2) is 0 Å². The normalized spacial score (nSPS) is 20.9. The maximum absolute atomic E-state index is 12.4. The summed E-state index contributed by atoms with van der Waals surface area (Å²) in [6.45, 7) is 3.46. The third-order valence-corrected chi connectivity index (χ3v) is 6.01. The van der Waals surface area contributed by atoms with Gasteiger partial charge in [-0.15, -0.1) is 0 Å².